The standard InChI is InChI=1S/C15H20Cl2N2/c1-2-11-8-18-15(10-3-4-10)9-19(11)12-5-6-13(16)14(17)7-12/h5-7,10-11,15,18H,2-4,8-9H2,1H3. The molecule has 0 radical (unpaired) electrons. The van der Waals surface area contributed by atoms with Gasteiger partial charge >= 0.3 is 0 Å². The lowest BCUT2D eigenvalue weighted by Crippen LogP contribution is -2.57. The maximum Gasteiger partial charge on any atom is 0.0612 e. The summed E-state index contributed by atoms with van der Waals surface area (Å²) in [5.74, 6) is 0.878. The quantitative estimate of drug-likeness (QED) is 0.909. The van der Waals surface area contributed by atoms with Gasteiger partial charge < -0.3 is 10.2 Å². The molecule has 1 aliphatic carbocycles. The third-order valence-electron chi connectivity index (χ3n) is 4.35. The zero-order valence-electron chi connectivity index (χ0n) is 11.2. The van der Waals surface area contributed by atoms with Crippen LogP contribution in [-0.4, -0.2) is 25.2 Å². The lowest BCUT2D eigenvalue weighted by Gasteiger charge is -2.42. The van der Waals surface area contributed by atoms with Gasteiger partial charge in [0.2, 0.25) is 0 Å². The van der Waals surface area contributed by atoms with Gasteiger partial charge in [0.05, 0.1) is 10.0 Å². The number of halogens is 2. The van der Waals surface area contributed by atoms with Crippen molar-refractivity contribution in [1.82, 2.24) is 5.32 Å². The van der Waals surface area contributed by atoms with Crippen LogP contribution in [0.3, 0.4) is 0 Å². The number of benzene rings is 1. The van der Waals surface area contributed by atoms with Gasteiger partial charge in [-0.25, -0.2) is 0 Å². The van der Waals surface area contributed by atoms with Crippen molar-refractivity contribution in [1.29, 1.82) is 0 Å². The molecule has 1 heterocycles. The van der Waals surface area contributed by atoms with Crippen LogP contribution in [0.2, 0.25) is 10.0 Å². The van der Waals surface area contributed by atoms with Gasteiger partial charge in [0.25, 0.3) is 0 Å². The normalized spacial score (nSPS) is 27.6. The van der Waals surface area contributed by atoms with Crippen LogP contribution >= 0.6 is 23.2 Å². The molecule has 19 heavy (non-hydrogen) atoms. The molecule has 1 aromatic rings. The minimum absolute atomic E-state index is 0.548. The van der Waals surface area contributed by atoms with Crippen molar-refractivity contribution in [3.8, 4) is 0 Å². The number of rotatable bonds is 3. The Bertz CT molecular complexity index is 459. The van der Waals surface area contributed by atoms with Crippen molar-refractivity contribution in [2.45, 2.75) is 38.3 Å². The Morgan fingerprint density at radius 3 is 2.68 bits per heavy atom. The van der Waals surface area contributed by atoms with Gasteiger partial charge in [0.15, 0.2) is 0 Å². The molecule has 4 heteroatoms. The Morgan fingerprint density at radius 2 is 2.05 bits per heavy atom. The smallest absolute Gasteiger partial charge is 0.0612 e. The first-order chi connectivity index (χ1) is 9.19. The molecule has 1 N–H and O–H groups in total. The van der Waals surface area contributed by atoms with E-state index in [0.717, 1.165) is 25.4 Å². The maximum absolute atomic E-state index is 6.16. The fraction of sp³-hybridized carbons (Fsp3) is 0.600. The number of hydrogen-bond acceptors (Lipinski definition) is 2. The molecule has 1 saturated carbocycles. The molecule has 2 atom stereocenters. The molecule has 1 aromatic carbocycles. The van der Waals surface area contributed by atoms with E-state index < -0.39 is 0 Å². The Labute approximate surface area is 125 Å². The van der Waals surface area contributed by atoms with E-state index in [1.165, 1.54) is 18.5 Å². The highest BCUT2D eigenvalue weighted by atomic mass is 35.5. The van der Waals surface area contributed by atoms with Crippen LogP contribution < -0.4 is 10.2 Å². The number of nitrogens with one attached hydrogen (secondary N) is 1. The van der Waals surface area contributed by atoms with E-state index >= 15 is 0 Å². The Morgan fingerprint density at radius 1 is 1.26 bits per heavy atom. The predicted octanol–water partition coefficient (Wildman–Crippen LogP) is 3.96. The van der Waals surface area contributed by atoms with Crippen LogP contribution in [0.5, 0.6) is 0 Å². The van der Waals surface area contributed by atoms with Gasteiger partial charge in [0, 0.05) is 30.9 Å². The SMILES string of the molecule is CCC1CNC(C2CC2)CN1c1ccc(Cl)c(Cl)c1. The fourth-order valence-electron chi connectivity index (χ4n) is 2.98. The van der Waals surface area contributed by atoms with Gasteiger partial charge in [-0.1, -0.05) is 30.1 Å². The first-order valence-corrected chi connectivity index (χ1v) is 7.89. The molecule has 0 amide bonds. The summed E-state index contributed by atoms with van der Waals surface area (Å²) in [6.45, 7) is 4.40. The van der Waals surface area contributed by atoms with Gasteiger partial charge in [-0.2, -0.15) is 0 Å². The second-order valence-electron chi connectivity index (χ2n) is 5.67. The molecule has 1 aliphatic heterocycles. The Hall–Kier alpha value is -0.440. The molecule has 104 valence electrons. The number of hydrogen-bond donors (Lipinski definition) is 1. The van der Waals surface area contributed by atoms with Crippen LogP contribution in [0.4, 0.5) is 5.69 Å². The minimum atomic E-state index is 0.548. The highest BCUT2D eigenvalue weighted by Gasteiger charge is 2.36. The second kappa shape index (κ2) is 5.51. The minimum Gasteiger partial charge on any atom is -0.366 e. The van der Waals surface area contributed by atoms with Crippen molar-refractivity contribution >= 4 is 28.9 Å². The van der Waals surface area contributed by atoms with Crippen LogP contribution in [0.25, 0.3) is 0 Å². The van der Waals surface area contributed by atoms with E-state index in [1.807, 2.05) is 12.1 Å². The number of piperazine rings is 1. The summed E-state index contributed by atoms with van der Waals surface area (Å²) in [4.78, 5) is 2.50. The molecule has 0 spiro atoms. The van der Waals surface area contributed by atoms with Crippen LogP contribution in [0.1, 0.15) is 26.2 Å². The number of anilines is 1. The van der Waals surface area contributed by atoms with E-state index in [4.69, 9.17) is 23.2 Å². The molecule has 2 nitrogen and oxygen atoms in total. The van der Waals surface area contributed by atoms with E-state index in [0.29, 0.717) is 22.1 Å². The maximum atomic E-state index is 6.16. The lowest BCUT2D eigenvalue weighted by molar-refractivity contribution is 0.360. The van der Waals surface area contributed by atoms with Crippen molar-refractivity contribution in [3.63, 3.8) is 0 Å². The van der Waals surface area contributed by atoms with Crippen LogP contribution in [-0.2, 0) is 0 Å². The van der Waals surface area contributed by atoms with Crippen LogP contribution in [0, 0.1) is 5.92 Å². The third-order valence-corrected chi connectivity index (χ3v) is 5.09. The van der Waals surface area contributed by atoms with Crippen LogP contribution in [0.15, 0.2) is 18.2 Å². The van der Waals surface area contributed by atoms with E-state index in [9.17, 15) is 0 Å². The van der Waals surface area contributed by atoms with Gasteiger partial charge in [-0.15, -0.1) is 0 Å². The summed E-state index contributed by atoms with van der Waals surface area (Å²) in [6, 6.07) is 7.18. The lowest BCUT2D eigenvalue weighted by atomic mass is 10.0. The van der Waals surface area contributed by atoms with Gasteiger partial charge in [0.1, 0.15) is 0 Å². The molecular formula is C15H20Cl2N2. The van der Waals surface area contributed by atoms with Gasteiger partial charge in [-0.05, 0) is 43.4 Å². The van der Waals surface area contributed by atoms with Crippen molar-refractivity contribution in [2.24, 2.45) is 5.92 Å². The summed E-state index contributed by atoms with van der Waals surface area (Å²) in [7, 11) is 0. The molecule has 1 saturated heterocycles. The summed E-state index contributed by atoms with van der Waals surface area (Å²) in [5, 5.41) is 4.99. The largest absolute Gasteiger partial charge is 0.366 e. The highest BCUT2D eigenvalue weighted by molar-refractivity contribution is 6.42. The first-order valence-electron chi connectivity index (χ1n) is 7.14. The monoisotopic (exact) mass is 298 g/mol. The molecule has 3 rings (SSSR count). The zero-order valence-corrected chi connectivity index (χ0v) is 12.7. The number of nitrogens with zero attached hydrogens (tertiary/aromatic N) is 1. The summed E-state index contributed by atoms with van der Waals surface area (Å²) < 4.78 is 0. The van der Waals surface area contributed by atoms with Crippen molar-refractivity contribution in [2.75, 3.05) is 18.0 Å². The van der Waals surface area contributed by atoms with E-state index in [-0.39, 0.29) is 0 Å². The highest BCUT2D eigenvalue weighted by Crippen LogP contribution is 2.36. The van der Waals surface area contributed by atoms with Crippen molar-refractivity contribution in [3.05, 3.63) is 28.2 Å². The second-order valence-corrected chi connectivity index (χ2v) is 6.48. The topological polar surface area (TPSA) is 15.3 Å². The average molecular weight is 299 g/mol. The Kier molecular flexibility index (Phi) is 3.93. The molecule has 2 aliphatic rings. The first kappa shape index (κ1) is 13.5. The third kappa shape index (κ3) is 2.86. The van der Waals surface area contributed by atoms with E-state index in [1.54, 1.807) is 0 Å². The summed E-state index contributed by atoms with van der Waals surface area (Å²) in [6.07, 6.45) is 3.90. The Balaban J connectivity index is 1.82. The summed E-state index contributed by atoms with van der Waals surface area (Å²) in [5.41, 5.74) is 1.20. The summed E-state index contributed by atoms with van der Waals surface area (Å²) >= 11 is 12.2. The van der Waals surface area contributed by atoms with E-state index in [2.05, 4.69) is 23.2 Å². The van der Waals surface area contributed by atoms with Crippen molar-refractivity contribution < 1.29 is 0 Å². The molecular weight excluding hydrogens is 279 g/mol. The van der Waals surface area contributed by atoms with Gasteiger partial charge in [-0.3, -0.25) is 0 Å². The predicted molar refractivity (Wildman–Crippen MR) is 82.4 cm³/mol. The molecule has 2 unspecified atom stereocenters. The average Bonchev–Trinajstić information content (AvgIpc) is 3.26. The molecule has 0 bridgehead atoms. The fourth-order valence-corrected chi connectivity index (χ4v) is 3.27. The molecule has 0 aromatic heterocycles. The molecule has 2 fully saturated rings. The zero-order chi connectivity index (χ0) is 13.4.